The second-order valence-electron chi connectivity index (χ2n) is 4.75. The molecule has 0 amide bonds. The van der Waals surface area contributed by atoms with Gasteiger partial charge >= 0.3 is 0 Å². The third-order valence-corrected chi connectivity index (χ3v) is 3.09. The number of anilines is 1. The summed E-state index contributed by atoms with van der Waals surface area (Å²) in [6.45, 7) is 8.67. The lowest BCUT2D eigenvalue weighted by Crippen LogP contribution is -2.44. The van der Waals surface area contributed by atoms with Crippen molar-refractivity contribution in [2.45, 2.75) is 19.8 Å². The van der Waals surface area contributed by atoms with E-state index < -0.39 is 0 Å². The molecule has 0 bridgehead atoms. The molecule has 0 aliphatic carbocycles. The molecule has 0 N–H and O–H groups in total. The lowest BCUT2D eigenvalue weighted by atomic mass is 10.1. The zero-order valence-corrected chi connectivity index (χ0v) is 10.3. The number of hydrogen-bond donors (Lipinski definition) is 0. The van der Waals surface area contributed by atoms with Gasteiger partial charge in [-0.05, 0) is 13.0 Å². The molecule has 1 aliphatic heterocycles. The predicted octanol–water partition coefficient (Wildman–Crippen LogP) is 1.35. The fraction of sp³-hybridized carbons (Fsp3) is 0.667. The maximum Gasteiger partial charge on any atom is 0.132 e. The summed E-state index contributed by atoms with van der Waals surface area (Å²) in [6, 6.07) is 2.12. The van der Waals surface area contributed by atoms with Gasteiger partial charge in [0.1, 0.15) is 12.1 Å². The van der Waals surface area contributed by atoms with Crippen LogP contribution in [-0.2, 0) is 0 Å². The van der Waals surface area contributed by atoms with Crippen LogP contribution in [0.3, 0.4) is 0 Å². The molecular formula is C12H20N4. The minimum Gasteiger partial charge on any atom is -0.354 e. The minimum absolute atomic E-state index is 0.467. The Kier molecular flexibility index (Phi) is 3.39. The molecule has 0 atom stereocenters. The molecule has 1 aromatic heterocycles. The minimum atomic E-state index is 0.467. The number of rotatable bonds is 2. The van der Waals surface area contributed by atoms with Gasteiger partial charge in [0.15, 0.2) is 0 Å². The van der Waals surface area contributed by atoms with Crippen LogP contribution < -0.4 is 4.90 Å². The Balaban J connectivity index is 2.11. The van der Waals surface area contributed by atoms with Crippen molar-refractivity contribution in [2.24, 2.45) is 0 Å². The molecule has 1 aromatic rings. The smallest absolute Gasteiger partial charge is 0.132 e. The topological polar surface area (TPSA) is 32.3 Å². The SMILES string of the molecule is CC(C)c1cc(N2CCN(C)CC2)ncn1. The molecular weight excluding hydrogens is 200 g/mol. The molecule has 4 nitrogen and oxygen atoms in total. The average Bonchev–Trinajstić information content (AvgIpc) is 2.30. The molecule has 2 heterocycles. The van der Waals surface area contributed by atoms with E-state index in [2.05, 4.69) is 46.7 Å². The Bertz CT molecular complexity index is 343. The fourth-order valence-electron chi connectivity index (χ4n) is 1.89. The highest BCUT2D eigenvalue weighted by Gasteiger charge is 2.15. The molecule has 4 heteroatoms. The molecule has 0 aromatic carbocycles. The summed E-state index contributed by atoms with van der Waals surface area (Å²) in [5.41, 5.74) is 1.13. The van der Waals surface area contributed by atoms with Crippen molar-refractivity contribution >= 4 is 5.82 Å². The van der Waals surface area contributed by atoms with Crippen molar-refractivity contribution in [2.75, 3.05) is 38.1 Å². The van der Waals surface area contributed by atoms with Gasteiger partial charge in [-0.3, -0.25) is 0 Å². The second-order valence-corrected chi connectivity index (χ2v) is 4.75. The molecule has 0 unspecified atom stereocenters. The van der Waals surface area contributed by atoms with E-state index in [9.17, 15) is 0 Å². The van der Waals surface area contributed by atoms with E-state index in [0.29, 0.717) is 5.92 Å². The number of aromatic nitrogens is 2. The van der Waals surface area contributed by atoms with Crippen LogP contribution in [0.4, 0.5) is 5.82 Å². The third-order valence-electron chi connectivity index (χ3n) is 3.09. The standard InChI is InChI=1S/C12H20N4/c1-10(2)11-8-12(14-9-13-11)16-6-4-15(3)5-7-16/h8-10H,4-7H2,1-3H3. The monoisotopic (exact) mass is 220 g/mol. The van der Waals surface area contributed by atoms with Gasteiger partial charge in [0, 0.05) is 37.9 Å². The lowest BCUT2D eigenvalue weighted by molar-refractivity contribution is 0.312. The predicted molar refractivity (Wildman–Crippen MR) is 65.8 cm³/mol. The van der Waals surface area contributed by atoms with Gasteiger partial charge in [-0.25, -0.2) is 9.97 Å². The first kappa shape index (κ1) is 11.3. The zero-order chi connectivity index (χ0) is 11.5. The van der Waals surface area contributed by atoms with Crippen molar-refractivity contribution in [3.63, 3.8) is 0 Å². The summed E-state index contributed by atoms with van der Waals surface area (Å²) in [6.07, 6.45) is 1.68. The maximum atomic E-state index is 4.37. The van der Waals surface area contributed by atoms with Gasteiger partial charge in [-0.2, -0.15) is 0 Å². The van der Waals surface area contributed by atoms with Gasteiger partial charge in [-0.15, -0.1) is 0 Å². The zero-order valence-electron chi connectivity index (χ0n) is 10.3. The van der Waals surface area contributed by atoms with E-state index >= 15 is 0 Å². The molecule has 1 aliphatic rings. The van der Waals surface area contributed by atoms with E-state index in [1.165, 1.54) is 0 Å². The molecule has 0 saturated carbocycles. The van der Waals surface area contributed by atoms with Crippen LogP contribution in [0.5, 0.6) is 0 Å². The van der Waals surface area contributed by atoms with Crippen molar-refractivity contribution in [3.8, 4) is 0 Å². The second kappa shape index (κ2) is 4.78. The number of hydrogen-bond acceptors (Lipinski definition) is 4. The van der Waals surface area contributed by atoms with Crippen LogP contribution in [0.2, 0.25) is 0 Å². The first-order valence-corrected chi connectivity index (χ1v) is 5.92. The Hall–Kier alpha value is -1.16. The van der Waals surface area contributed by atoms with Gasteiger partial charge in [0.2, 0.25) is 0 Å². The van der Waals surface area contributed by atoms with Crippen molar-refractivity contribution in [1.82, 2.24) is 14.9 Å². The van der Waals surface area contributed by atoms with Gasteiger partial charge in [0.25, 0.3) is 0 Å². The van der Waals surface area contributed by atoms with Crippen LogP contribution in [-0.4, -0.2) is 48.1 Å². The van der Waals surface area contributed by atoms with Crippen LogP contribution in [0.15, 0.2) is 12.4 Å². The molecule has 16 heavy (non-hydrogen) atoms. The van der Waals surface area contributed by atoms with E-state index in [1.54, 1.807) is 6.33 Å². The highest BCUT2D eigenvalue weighted by molar-refractivity contribution is 5.40. The lowest BCUT2D eigenvalue weighted by Gasteiger charge is -2.33. The van der Waals surface area contributed by atoms with E-state index in [0.717, 1.165) is 37.7 Å². The maximum absolute atomic E-state index is 4.37. The Morgan fingerprint density at radius 3 is 2.44 bits per heavy atom. The summed E-state index contributed by atoms with van der Waals surface area (Å²) >= 11 is 0. The number of piperazine rings is 1. The summed E-state index contributed by atoms with van der Waals surface area (Å²) in [5.74, 6) is 1.54. The summed E-state index contributed by atoms with van der Waals surface area (Å²) < 4.78 is 0. The van der Waals surface area contributed by atoms with Crippen LogP contribution in [0, 0.1) is 0 Å². The van der Waals surface area contributed by atoms with Crippen molar-refractivity contribution in [1.29, 1.82) is 0 Å². The van der Waals surface area contributed by atoms with Gasteiger partial charge in [-0.1, -0.05) is 13.8 Å². The summed E-state index contributed by atoms with van der Waals surface area (Å²) in [7, 11) is 2.16. The fourth-order valence-corrected chi connectivity index (χ4v) is 1.89. The highest BCUT2D eigenvalue weighted by Crippen LogP contribution is 2.17. The van der Waals surface area contributed by atoms with Crippen LogP contribution in [0.25, 0.3) is 0 Å². The normalized spacial score (nSPS) is 18.1. The Labute approximate surface area is 97.3 Å². The highest BCUT2D eigenvalue weighted by atomic mass is 15.3. The van der Waals surface area contributed by atoms with Gasteiger partial charge < -0.3 is 9.80 Å². The van der Waals surface area contributed by atoms with Crippen molar-refractivity contribution < 1.29 is 0 Å². The first-order valence-electron chi connectivity index (χ1n) is 5.92. The largest absolute Gasteiger partial charge is 0.354 e. The third kappa shape index (κ3) is 2.50. The Morgan fingerprint density at radius 1 is 1.12 bits per heavy atom. The quantitative estimate of drug-likeness (QED) is 0.753. The van der Waals surface area contributed by atoms with Gasteiger partial charge in [0.05, 0.1) is 0 Å². The van der Waals surface area contributed by atoms with E-state index in [1.807, 2.05) is 0 Å². The molecule has 88 valence electrons. The first-order chi connectivity index (χ1) is 7.66. The van der Waals surface area contributed by atoms with E-state index in [4.69, 9.17) is 0 Å². The molecule has 0 radical (unpaired) electrons. The van der Waals surface area contributed by atoms with Crippen LogP contribution in [0.1, 0.15) is 25.5 Å². The average molecular weight is 220 g/mol. The number of nitrogens with zero attached hydrogens (tertiary/aromatic N) is 4. The molecule has 1 fully saturated rings. The Morgan fingerprint density at radius 2 is 1.81 bits per heavy atom. The summed E-state index contributed by atoms with van der Waals surface area (Å²) in [5, 5.41) is 0. The molecule has 0 spiro atoms. The van der Waals surface area contributed by atoms with E-state index in [-0.39, 0.29) is 0 Å². The molecule has 1 saturated heterocycles. The number of likely N-dealkylation sites (N-methyl/N-ethyl adjacent to an activating group) is 1. The molecule has 2 rings (SSSR count). The summed E-state index contributed by atoms with van der Waals surface area (Å²) in [4.78, 5) is 13.4. The van der Waals surface area contributed by atoms with Crippen LogP contribution >= 0.6 is 0 Å². The van der Waals surface area contributed by atoms with Crippen molar-refractivity contribution in [3.05, 3.63) is 18.1 Å².